The summed E-state index contributed by atoms with van der Waals surface area (Å²) in [5, 5.41) is 9.11. The molecule has 1 aromatic rings. The molecule has 0 aromatic heterocycles. The first-order chi connectivity index (χ1) is 8.87. The normalized spacial score (nSPS) is 12.9. The fourth-order valence-electron chi connectivity index (χ4n) is 1.76. The molecule has 1 aromatic carbocycles. The van der Waals surface area contributed by atoms with Crippen molar-refractivity contribution in [1.82, 2.24) is 0 Å². The second kappa shape index (κ2) is 6.57. The van der Waals surface area contributed by atoms with Crippen LogP contribution in [0.2, 0.25) is 0 Å². The van der Waals surface area contributed by atoms with Crippen LogP contribution in [-0.2, 0) is 9.53 Å². The molecule has 4 heteroatoms. The molecule has 1 rings (SSSR count). The summed E-state index contributed by atoms with van der Waals surface area (Å²) < 4.78 is 10.5. The van der Waals surface area contributed by atoms with Gasteiger partial charge in [0.1, 0.15) is 11.4 Å². The molecule has 1 atom stereocenters. The lowest BCUT2D eigenvalue weighted by atomic mass is 9.95. The van der Waals surface area contributed by atoms with Gasteiger partial charge in [-0.25, -0.2) is 0 Å². The highest BCUT2D eigenvalue weighted by molar-refractivity contribution is 5.78. The quantitative estimate of drug-likeness (QED) is 0.832. The first-order valence-corrected chi connectivity index (χ1v) is 6.35. The zero-order valence-electron chi connectivity index (χ0n) is 12.0. The van der Waals surface area contributed by atoms with Crippen LogP contribution in [0.5, 0.6) is 5.75 Å². The zero-order chi connectivity index (χ0) is 14.5. The van der Waals surface area contributed by atoms with Crippen LogP contribution in [0.1, 0.15) is 38.7 Å². The van der Waals surface area contributed by atoms with Crippen molar-refractivity contribution in [3.05, 3.63) is 29.8 Å². The molecule has 0 aliphatic rings. The summed E-state index contributed by atoms with van der Waals surface area (Å²) in [5.41, 5.74) is 0.293. The van der Waals surface area contributed by atoms with Gasteiger partial charge in [-0.1, -0.05) is 12.1 Å². The fourth-order valence-corrected chi connectivity index (χ4v) is 1.76. The van der Waals surface area contributed by atoms with Crippen LogP contribution in [0.3, 0.4) is 0 Å². The molecule has 0 radical (unpaired) electrons. The molecule has 106 valence electrons. The van der Waals surface area contributed by atoms with E-state index in [0.29, 0.717) is 6.42 Å². The van der Waals surface area contributed by atoms with Gasteiger partial charge in [-0.2, -0.15) is 0 Å². The van der Waals surface area contributed by atoms with E-state index in [0.717, 1.165) is 11.3 Å². The van der Waals surface area contributed by atoms with Crippen molar-refractivity contribution in [2.75, 3.05) is 13.7 Å². The first kappa shape index (κ1) is 15.5. The number of aliphatic hydroxyl groups is 1. The van der Waals surface area contributed by atoms with Gasteiger partial charge in [-0.3, -0.25) is 4.79 Å². The van der Waals surface area contributed by atoms with Gasteiger partial charge in [0.15, 0.2) is 0 Å². The van der Waals surface area contributed by atoms with Crippen LogP contribution in [0.25, 0.3) is 0 Å². The van der Waals surface area contributed by atoms with Crippen LogP contribution < -0.4 is 4.74 Å². The van der Waals surface area contributed by atoms with E-state index in [1.807, 2.05) is 32.9 Å². The molecule has 0 heterocycles. The predicted octanol–water partition coefficient (Wildman–Crippen LogP) is 2.50. The van der Waals surface area contributed by atoms with Crippen LogP contribution in [0.15, 0.2) is 24.3 Å². The summed E-state index contributed by atoms with van der Waals surface area (Å²) in [5.74, 6) is -0.0301. The molecule has 0 saturated heterocycles. The summed E-state index contributed by atoms with van der Waals surface area (Å²) in [4.78, 5) is 12.1. The maximum absolute atomic E-state index is 12.1. The molecule has 1 unspecified atom stereocenters. The summed E-state index contributed by atoms with van der Waals surface area (Å²) in [6.45, 7) is 5.43. The van der Waals surface area contributed by atoms with E-state index < -0.39 is 11.5 Å². The van der Waals surface area contributed by atoms with Crippen LogP contribution in [-0.4, -0.2) is 30.4 Å². The number of carbonyl (C=O) groups is 1. The van der Waals surface area contributed by atoms with Crippen LogP contribution in [0.4, 0.5) is 0 Å². The highest BCUT2D eigenvalue weighted by Gasteiger charge is 2.26. The summed E-state index contributed by atoms with van der Waals surface area (Å²) in [6, 6.07) is 7.24. The molecule has 0 spiro atoms. The molecular formula is C15H22O4. The number of hydrogen-bond donors (Lipinski definition) is 1. The van der Waals surface area contributed by atoms with Gasteiger partial charge in [0.05, 0.1) is 13.0 Å². The Morgan fingerprint density at radius 2 is 1.84 bits per heavy atom. The minimum Gasteiger partial charge on any atom is -0.497 e. The minimum absolute atomic E-state index is 0.0596. The number of rotatable bonds is 5. The maximum atomic E-state index is 12.1. The van der Waals surface area contributed by atoms with E-state index >= 15 is 0 Å². The molecule has 4 nitrogen and oxygen atoms in total. The summed E-state index contributed by atoms with van der Waals surface area (Å²) >= 11 is 0. The maximum Gasteiger partial charge on any atom is 0.314 e. The van der Waals surface area contributed by atoms with Crippen molar-refractivity contribution in [3.8, 4) is 5.75 Å². The Balaban J connectivity index is 2.89. The number of esters is 1. The number of aliphatic hydroxyl groups excluding tert-OH is 1. The van der Waals surface area contributed by atoms with Gasteiger partial charge in [0.2, 0.25) is 0 Å². The molecule has 0 fully saturated rings. The van der Waals surface area contributed by atoms with Gasteiger partial charge in [0.25, 0.3) is 0 Å². The molecule has 0 aliphatic heterocycles. The van der Waals surface area contributed by atoms with Crippen molar-refractivity contribution in [1.29, 1.82) is 0 Å². The van der Waals surface area contributed by atoms with E-state index in [1.54, 1.807) is 19.2 Å². The molecule has 0 amide bonds. The van der Waals surface area contributed by atoms with Gasteiger partial charge < -0.3 is 14.6 Å². The Kier molecular flexibility index (Phi) is 5.36. The lowest BCUT2D eigenvalue weighted by Crippen LogP contribution is -2.28. The van der Waals surface area contributed by atoms with Crippen molar-refractivity contribution < 1.29 is 19.4 Å². The molecule has 19 heavy (non-hydrogen) atoms. The largest absolute Gasteiger partial charge is 0.497 e. The van der Waals surface area contributed by atoms with Crippen molar-refractivity contribution >= 4 is 5.97 Å². The highest BCUT2D eigenvalue weighted by Crippen LogP contribution is 2.25. The Morgan fingerprint density at radius 1 is 1.26 bits per heavy atom. The second-order valence-corrected chi connectivity index (χ2v) is 5.37. The van der Waals surface area contributed by atoms with E-state index in [1.165, 1.54) is 0 Å². The number of ether oxygens (including phenoxy) is 2. The second-order valence-electron chi connectivity index (χ2n) is 5.37. The van der Waals surface area contributed by atoms with Gasteiger partial charge >= 0.3 is 5.97 Å². The van der Waals surface area contributed by atoms with Crippen molar-refractivity contribution in [2.45, 2.75) is 38.7 Å². The third-order valence-corrected chi connectivity index (χ3v) is 2.63. The van der Waals surface area contributed by atoms with E-state index in [9.17, 15) is 4.79 Å². The van der Waals surface area contributed by atoms with E-state index in [4.69, 9.17) is 14.6 Å². The lowest BCUT2D eigenvalue weighted by molar-refractivity contribution is -0.157. The average Bonchev–Trinajstić information content (AvgIpc) is 2.34. The predicted molar refractivity (Wildman–Crippen MR) is 73.3 cm³/mol. The molecule has 0 aliphatic carbocycles. The minimum atomic E-state index is -0.530. The van der Waals surface area contributed by atoms with Crippen molar-refractivity contribution in [3.63, 3.8) is 0 Å². The third kappa shape index (κ3) is 4.91. The van der Waals surface area contributed by atoms with E-state index in [2.05, 4.69) is 0 Å². The average molecular weight is 266 g/mol. The SMILES string of the molecule is COc1ccc(C(CCO)C(=O)OC(C)(C)C)cc1. The molecular weight excluding hydrogens is 244 g/mol. The smallest absolute Gasteiger partial charge is 0.314 e. The standard InChI is InChI=1S/C15H22O4/c1-15(2,3)19-14(17)13(9-10-16)11-5-7-12(18-4)8-6-11/h5-8,13,16H,9-10H2,1-4H3. The Labute approximate surface area is 114 Å². The Morgan fingerprint density at radius 3 is 2.26 bits per heavy atom. The molecule has 0 saturated carbocycles. The van der Waals surface area contributed by atoms with Crippen molar-refractivity contribution in [2.24, 2.45) is 0 Å². The van der Waals surface area contributed by atoms with Gasteiger partial charge in [-0.15, -0.1) is 0 Å². The fraction of sp³-hybridized carbons (Fsp3) is 0.533. The molecule has 1 N–H and O–H groups in total. The molecule has 0 bridgehead atoms. The zero-order valence-corrected chi connectivity index (χ0v) is 12.0. The number of hydrogen-bond acceptors (Lipinski definition) is 4. The van der Waals surface area contributed by atoms with Crippen LogP contribution in [0, 0.1) is 0 Å². The van der Waals surface area contributed by atoms with Gasteiger partial charge in [0, 0.05) is 6.61 Å². The Bertz CT molecular complexity index is 403. The number of benzene rings is 1. The van der Waals surface area contributed by atoms with Crippen LogP contribution >= 0.6 is 0 Å². The summed E-state index contributed by atoms with van der Waals surface area (Å²) in [6.07, 6.45) is 0.348. The van der Waals surface area contributed by atoms with Gasteiger partial charge in [-0.05, 0) is 44.9 Å². The third-order valence-electron chi connectivity index (χ3n) is 2.63. The number of methoxy groups -OCH3 is 1. The van der Waals surface area contributed by atoms with E-state index in [-0.39, 0.29) is 12.6 Å². The highest BCUT2D eigenvalue weighted by atomic mass is 16.6. The lowest BCUT2D eigenvalue weighted by Gasteiger charge is -2.24. The monoisotopic (exact) mass is 266 g/mol. The Hall–Kier alpha value is -1.55. The first-order valence-electron chi connectivity index (χ1n) is 6.35. The number of carbonyl (C=O) groups excluding carboxylic acids is 1. The topological polar surface area (TPSA) is 55.8 Å². The summed E-state index contributed by atoms with van der Waals surface area (Å²) in [7, 11) is 1.59.